The zero-order chi connectivity index (χ0) is 21.8. The molecule has 1 spiro atoms. The van der Waals surface area contributed by atoms with Crippen molar-refractivity contribution in [2.45, 2.75) is 24.6 Å². The Morgan fingerprint density at radius 3 is 2.68 bits per heavy atom. The number of piperidine rings is 1. The van der Waals surface area contributed by atoms with Crippen molar-refractivity contribution in [3.05, 3.63) is 48.5 Å². The summed E-state index contributed by atoms with van der Waals surface area (Å²) in [5, 5.41) is 2.97. The lowest BCUT2D eigenvalue weighted by atomic mass is 10.0. The average Bonchev–Trinajstić information content (AvgIpc) is 3.11. The summed E-state index contributed by atoms with van der Waals surface area (Å²) >= 11 is 1.67. The summed E-state index contributed by atoms with van der Waals surface area (Å²) in [6.45, 7) is 3.59. The molecule has 8 heteroatoms. The monoisotopic (exact) mass is 441 g/mol. The van der Waals surface area contributed by atoms with E-state index in [0.717, 1.165) is 11.4 Å². The van der Waals surface area contributed by atoms with Crippen molar-refractivity contribution in [3.8, 4) is 11.5 Å². The van der Waals surface area contributed by atoms with Gasteiger partial charge >= 0.3 is 6.03 Å². The van der Waals surface area contributed by atoms with Crippen molar-refractivity contribution in [1.82, 2.24) is 4.90 Å². The Balaban J connectivity index is 1.46. The molecule has 0 aliphatic carbocycles. The van der Waals surface area contributed by atoms with Crippen LogP contribution in [-0.2, 0) is 4.79 Å². The average molecular weight is 442 g/mol. The summed E-state index contributed by atoms with van der Waals surface area (Å²) in [7, 11) is 1.62. The zero-order valence-electron chi connectivity index (χ0n) is 17.8. The molecule has 3 amide bonds. The van der Waals surface area contributed by atoms with Gasteiger partial charge in [-0.1, -0.05) is 18.2 Å². The van der Waals surface area contributed by atoms with Gasteiger partial charge in [-0.25, -0.2) is 4.79 Å². The number of anilines is 2. The Bertz CT molecular complexity index is 959. The molecule has 31 heavy (non-hydrogen) atoms. The van der Waals surface area contributed by atoms with E-state index in [1.807, 2.05) is 60.4 Å². The fourth-order valence-electron chi connectivity index (χ4n) is 4.15. The van der Waals surface area contributed by atoms with Gasteiger partial charge in [-0.15, -0.1) is 11.8 Å². The summed E-state index contributed by atoms with van der Waals surface area (Å²) in [5.74, 6) is 1.93. The predicted octanol–water partition coefficient (Wildman–Crippen LogP) is 4.20. The van der Waals surface area contributed by atoms with Crippen LogP contribution < -0.4 is 19.7 Å². The van der Waals surface area contributed by atoms with Crippen LogP contribution in [-0.4, -0.2) is 54.3 Å². The lowest BCUT2D eigenvalue weighted by Gasteiger charge is -2.43. The third-order valence-electron chi connectivity index (χ3n) is 5.69. The summed E-state index contributed by atoms with van der Waals surface area (Å²) < 4.78 is 10.9. The van der Waals surface area contributed by atoms with Crippen LogP contribution in [0.15, 0.2) is 48.5 Å². The number of nitrogens with zero attached hydrogens (tertiary/aromatic N) is 2. The van der Waals surface area contributed by atoms with Crippen molar-refractivity contribution in [1.29, 1.82) is 0 Å². The molecular formula is C23H27N3O4S. The van der Waals surface area contributed by atoms with Gasteiger partial charge in [0.2, 0.25) is 5.91 Å². The van der Waals surface area contributed by atoms with Crippen LogP contribution in [0.25, 0.3) is 0 Å². The van der Waals surface area contributed by atoms with Crippen molar-refractivity contribution < 1.29 is 19.1 Å². The minimum Gasteiger partial charge on any atom is -0.497 e. The normalized spacial score (nSPS) is 17.7. The number of carbonyl (C=O) groups excluding carboxylic acids is 2. The van der Waals surface area contributed by atoms with Gasteiger partial charge in [0.05, 0.1) is 30.0 Å². The summed E-state index contributed by atoms with van der Waals surface area (Å²) in [4.78, 5) is 29.0. The van der Waals surface area contributed by atoms with Gasteiger partial charge in [0.15, 0.2) is 0 Å². The second kappa shape index (κ2) is 9.09. The molecule has 2 aliphatic rings. The van der Waals surface area contributed by atoms with Crippen LogP contribution in [0.3, 0.4) is 0 Å². The van der Waals surface area contributed by atoms with E-state index in [0.29, 0.717) is 49.7 Å². The van der Waals surface area contributed by atoms with E-state index in [1.165, 1.54) is 0 Å². The second-order valence-electron chi connectivity index (χ2n) is 7.51. The molecule has 4 rings (SSSR count). The number of amides is 3. The smallest absolute Gasteiger partial charge is 0.321 e. The van der Waals surface area contributed by atoms with Crippen molar-refractivity contribution in [2.75, 3.05) is 42.8 Å². The first kappa shape index (κ1) is 21.4. The van der Waals surface area contributed by atoms with Crippen LogP contribution in [0.2, 0.25) is 0 Å². The Labute approximate surface area is 186 Å². The van der Waals surface area contributed by atoms with Gasteiger partial charge in [-0.05, 0) is 44.0 Å². The number of likely N-dealkylation sites (tertiary alicyclic amines) is 1. The van der Waals surface area contributed by atoms with Crippen molar-refractivity contribution >= 4 is 35.1 Å². The van der Waals surface area contributed by atoms with Gasteiger partial charge in [-0.2, -0.15) is 0 Å². The molecule has 2 fully saturated rings. The number of benzene rings is 2. The Morgan fingerprint density at radius 2 is 1.94 bits per heavy atom. The van der Waals surface area contributed by atoms with E-state index < -0.39 is 0 Å². The van der Waals surface area contributed by atoms with Crippen LogP contribution in [0, 0.1) is 0 Å². The Morgan fingerprint density at radius 1 is 1.16 bits per heavy atom. The van der Waals surface area contributed by atoms with Crippen LogP contribution in [0.1, 0.15) is 19.8 Å². The van der Waals surface area contributed by atoms with Gasteiger partial charge < -0.3 is 19.7 Å². The number of thioether (sulfide) groups is 1. The highest BCUT2D eigenvalue weighted by molar-refractivity contribution is 8.02. The first-order valence-corrected chi connectivity index (χ1v) is 11.4. The molecule has 164 valence electrons. The first-order chi connectivity index (χ1) is 15.1. The summed E-state index contributed by atoms with van der Waals surface area (Å²) in [6.07, 6.45) is 1.42. The molecule has 0 atom stereocenters. The molecule has 2 aromatic carbocycles. The van der Waals surface area contributed by atoms with Gasteiger partial charge in [-0.3, -0.25) is 9.69 Å². The number of methoxy groups -OCH3 is 1. The number of para-hydroxylation sites is 2. The van der Waals surface area contributed by atoms with Crippen molar-refractivity contribution in [2.24, 2.45) is 0 Å². The maximum Gasteiger partial charge on any atom is 0.321 e. The first-order valence-electron chi connectivity index (χ1n) is 10.4. The molecule has 2 aliphatic heterocycles. The number of carbonyl (C=O) groups is 2. The second-order valence-corrected chi connectivity index (χ2v) is 8.85. The highest BCUT2D eigenvalue weighted by Crippen LogP contribution is 2.47. The number of ether oxygens (including phenoxy) is 2. The molecule has 0 radical (unpaired) electrons. The fraction of sp³-hybridized carbons (Fsp3) is 0.391. The molecule has 2 heterocycles. The number of hydrogen-bond donors (Lipinski definition) is 1. The topological polar surface area (TPSA) is 71.1 Å². The summed E-state index contributed by atoms with van der Waals surface area (Å²) in [6, 6.07) is 14.9. The minimum absolute atomic E-state index is 0.0989. The SMILES string of the molecule is CCOc1ccccc1NC(=O)N1CCC2(CC1)SCC(=O)N2c1cccc(OC)c1. The van der Waals surface area contributed by atoms with Crippen LogP contribution in [0.5, 0.6) is 11.5 Å². The number of hydrogen-bond acceptors (Lipinski definition) is 5. The van der Waals surface area contributed by atoms with Gasteiger partial charge in [0.25, 0.3) is 0 Å². The molecule has 0 unspecified atom stereocenters. The van der Waals surface area contributed by atoms with Crippen LogP contribution >= 0.6 is 11.8 Å². The standard InChI is InChI=1S/C23H27N3O4S/c1-3-30-20-10-5-4-9-19(20)24-22(28)25-13-11-23(12-14-25)26(21(27)16-31-23)17-7-6-8-18(15-17)29-2/h4-10,15H,3,11-14,16H2,1-2H3,(H,24,28). The highest BCUT2D eigenvalue weighted by Gasteiger charge is 2.49. The van der Waals surface area contributed by atoms with E-state index >= 15 is 0 Å². The van der Waals surface area contributed by atoms with E-state index in [1.54, 1.807) is 23.8 Å². The minimum atomic E-state index is -0.330. The van der Waals surface area contributed by atoms with Gasteiger partial charge in [0.1, 0.15) is 11.5 Å². The summed E-state index contributed by atoms with van der Waals surface area (Å²) in [5.41, 5.74) is 1.51. The Kier molecular flexibility index (Phi) is 6.27. The van der Waals surface area contributed by atoms with E-state index in [2.05, 4.69) is 5.32 Å². The lowest BCUT2D eigenvalue weighted by molar-refractivity contribution is -0.116. The molecular weight excluding hydrogens is 414 g/mol. The molecule has 2 saturated heterocycles. The van der Waals surface area contributed by atoms with Crippen molar-refractivity contribution in [3.63, 3.8) is 0 Å². The molecule has 2 aromatic rings. The molecule has 1 N–H and O–H groups in total. The van der Waals surface area contributed by atoms with E-state index in [4.69, 9.17) is 9.47 Å². The quantitative estimate of drug-likeness (QED) is 0.753. The molecule has 7 nitrogen and oxygen atoms in total. The molecule has 0 bridgehead atoms. The molecule has 0 aromatic heterocycles. The van der Waals surface area contributed by atoms with Crippen LogP contribution in [0.4, 0.5) is 16.2 Å². The molecule has 0 saturated carbocycles. The Hall–Kier alpha value is -2.87. The number of nitrogens with one attached hydrogen (secondary N) is 1. The third kappa shape index (κ3) is 4.30. The van der Waals surface area contributed by atoms with Gasteiger partial charge in [0, 0.05) is 24.8 Å². The fourth-order valence-corrected chi connectivity index (χ4v) is 5.48. The van der Waals surface area contributed by atoms with E-state index in [-0.39, 0.29) is 16.8 Å². The zero-order valence-corrected chi connectivity index (χ0v) is 18.6. The lowest BCUT2D eigenvalue weighted by Crippen LogP contribution is -2.53. The largest absolute Gasteiger partial charge is 0.497 e. The third-order valence-corrected chi connectivity index (χ3v) is 7.21. The highest BCUT2D eigenvalue weighted by atomic mass is 32.2. The number of urea groups is 1. The van der Waals surface area contributed by atoms with E-state index in [9.17, 15) is 9.59 Å². The maximum absolute atomic E-state index is 12.9. The maximum atomic E-state index is 12.9. The number of rotatable bonds is 5. The predicted molar refractivity (Wildman–Crippen MR) is 123 cm³/mol.